The lowest BCUT2D eigenvalue weighted by molar-refractivity contribution is -0.131. The quantitative estimate of drug-likeness (QED) is 0.238. The Hall–Kier alpha value is -2.21. The summed E-state index contributed by atoms with van der Waals surface area (Å²) in [7, 11) is -2.75. The molecule has 2 rings (SSSR count). The number of aliphatic hydroxyl groups excluding tert-OH is 1. The van der Waals surface area contributed by atoms with Crippen molar-refractivity contribution >= 4 is 24.7 Å². The van der Waals surface area contributed by atoms with Crippen molar-refractivity contribution in [3.8, 4) is 0 Å². The van der Waals surface area contributed by atoms with Crippen LogP contribution >= 0.6 is 0 Å². The third-order valence-corrected chi connectivity index (χ3v) is 11.1. The van der Waals surface area contributed by atoms with Crippen LogP contribution in [0.4, 0.5) is 0 Å². The molecular weight excluding hydrogens is 428 g/mol. The molecule has 0 heterocycles. The van der Waals surface area contributed by atoms with E-state index in [1.165, 1.54) is 16.4 Å². The highest BCUT2D eigenvalue weighted by atomic mass is 28.4. The van der Waals surface area contributed by atoms with Crippen LogP contribution in [0.25, 0.3) is 0 Å². The van der Waals surface area contributed by atoms with E-state index >= 15 is 0 Å². The fourth-order valence-electron chi connectivity index (χ4n) is 4.44. The lowest BCUT2D eigenvalue weighted by Crippen LogP contribution is -2.67. The molecule has 0 bridgehead atoms. The van der Waals surface area contributed by atoms with Gasteiger partial charge in [0.25, 0.3) is 8.32 Å². The molecular formula is C28H40O4Si. The van der Waals surface area contributed by atoms with E-state index in [2.05, 4.69) is 69.3 Å². The van der Waals surface area contributed by atoms with Gasteiger partial charge in [-0.3, -0.25) is 0 Å². The second-order valence-electron chi connectivity index (χ2n) is 9.86. The summed E-state index contributed by atoms with van der Waals surface area (Å²) in [5, 5.41) is 21.0. The summed E-state index contributed by atoms with van der Waals surface area (Å²) in [6, 6.07) is 20.9. The Morgan fingerprint density at radius 3 is 1.82 bits per heavy atom. The van der Waals surface area contributed by atoms with Crippen molar-refractivity contribution in [3.05, 3.63) is 72.8 Å². The summed E-state index contributed by atoms with van der Waals surface area (Å²) in [5.41, 5.74) is 0. The van der Waals surface area contributed by atoms with Gasteiger partial charge in [0, 0.05) is 6.08 Å². The summed E-state index contributed by atoms with van der Waals surface area (Å²) < 4.78 is 7.12. The van der Waals surface area contributed by atoms with E-state index in [0.29, 0.717) is 0 Å². The van der Waals surface area contributed by atoms with Gasteiger partial charge in [0.1, 0.15) is 0 Å². The zero-order chi connectivity index (χ0) is 24.3. The molecule has 0 aliphatic carbocycles. The van der Waals surface area contributed by atoms with Gasteiger partial charge in [0.05, 0.1) is 12.2 Å². The number of carboxylic acids is 1. The first-order chi connectivity index (χ1) is 15.7. The second-order valence-corrected chi connectivity index (χ2v) is 14.1. The summed E-state index contributed by atoms with van der Waals surface area (Å²) in [6.45, 7) is 8.51. The van der Waals surface area contributed by atoms with Gasteiger partial charge in [-0.2, -0.15) is 0 Å². The Kier molecular flexibility index (Phi) is 10.5. The Bertz CT molecular complexity index is 817. The largest absolute Gasteiger partial charge is 0.478 e. The van der Waals surface area contributed by atoms with E-state index in [1.54, 1.807) is 6.08 Å². The summed E-state index contributed by atoms with van der Waals surface area (Å²) in [6.07, 6.45) is 8.03. The average molecular weight is 469 g/mol. The molecule has 0 saturated carbocycles. The number of benzene rings is 2. The van der Waals surface area contributed by atoms with Crippen molar-refractivity contribution in [2.75, 3.05) is 0 Å². The smallest absolute Gasteiger partial charge is 0.328 e. The summed E-state index contributed by atoms with van der Waals surface area (Å²) in [5.74, 6) is -0.956. The Morgan fingerprint density at radius 2 is 1.39 bits per heavy atom. The fraction of sp³-hybridized carbons (Fsp3) is 0.464. The third-order valence-electron chi connectivity index (χ3n) is 6.06. The van der Waals surface area contributed by atoms with Crippen LogP contribution in [0.3, 0.4) is 0 Å². The fourth-order valence-corrected chi connectivity index (χ4v) is 9.11. The van der Waals surface area contributed by atoms with E-state index < -0.39 is 14.3 Å². The topological polar surface area (TPSA) is 66.8 Å². The minimum atomic E-state index is -2.75. The summed E-state index contributed by atoms with van der Waals surface area (Å²) in [4.78, 5) is 11.3. The number of hydrogen-bond acceptors (Lipinski definition) is 3. The highest BCUT2D eigenvalue weighted by Crippen LogP contribution is 2.38. The van der Waals surface area contributed by atoms with Crippen LogP contribution in [-0.4, -0.2) is 36.7 Å². The predicted molar refractivity (Wildman–Crippen MR) is 139 cm³/mol. The molecule has 0 aromatic heterocycles. The van der Waals surface area contributed by atoms with Gasteiger partial charge >= 0.3 is 5.97 Å². The molecule has 0 aliphatic heterocycles. The molecule has 4 nitrogen and oxygen atoms in total. The molecule has 0 amide bonds. The third kappa shape index (κ3) is 7.95. The lowest BCUT2D eigenvalue weighted by Gasteiger charge is -2.44. The average Bonchev–Trinajstić information content (AvgIpc) is 2.77. The van der Waals surface area contributed by atoms with E-state index in [1.807, 2.05) is 19.1 Å². The number of unbranched alkanes of at least 4 members (excludes halogenated alkanes) is 3. The number of rotatable bonds is 13. The van der Waals surface area contributed by atoms with Gasteiger partial charge in [0.2, 0.25) is 0 Å². The minimum absolute atomic E-state index is 0.164. The Morgan fingerprint density at radius 1 is 0.909 bits per heavy atom. The molecule has 0 radical (unpaired) electrons. The first kappa shape index (κ1) is 27.0. The summed E-state index contributed by atoms with van der Waals surface area (Å²) >= 11 is 0. The zero-order valence-electron chi connectivity index (χ0n) is 20.5. The molecule has 0 fully saturated rings. The van der Waals surface area contributed by atoms with Gasteiger partial charge in [-0.05, 0) is 41.3 Å². The monoisotopic (exact) mass is 468 g/mol. The molecule has 2 aromatic rings. The number of hydrogen-bond donors (Lipinski definition) is 2. The van der Waals surface area contributed by atoms with Crippen molar-refractivity contribution in [3.63, 3.8) is 0 Å². The van der Waals surface area contributed by atoms with Crippen LogP contribution in [0.1, 0.15) is 66.2 Å². The minimum Gasteiger partial charge on any atom is -0.478 e. The molecule has 2 atom stereocenters. The SMILES string of the molecule is C[C@@H](O)CCCCCC[C@@H](/C=C/C(=O)O)O[Si](c1ccccc1)(c1ccccc1)C(C)(C)C. The van der Waals surface area contributed by atoms with Crippen LogP contribution in [-0.2, 0) is 9.22 Å². The van der Waals surface area contributed by atoms with Crippen molar-refractivity contribution in [1.29, 1.82) is 0 Å². The second kappa shape index (κ2) is 12.9. The standard InChI is InChI=1S/C28H40O4Si/c1-23(29)15-9-5-6-10-16-24(21-22-27(30)31)32-33(28(2,3)4,25-17-11-7-12-18-25)26-19-13-8-14-20-26/h7-8,11-14,17-24,29H,5-6,9-10,15-16H2,1-4H3,(H,30,31)/b22-21+/t23-,24+/m1/s1. The molecule has 5 heteroatoms. The molecule has 0 spiro atoms. The molecule has 33 heavy (non-hydrogen) atoms. The number of aliphatic hydroxyl groups is 1. The molecule has 0 unspecified atom stereocenters. The van der Waals surface area contributed by atoms with Crippen molar-refractivity contribution in [2.24, 2.45) is 0 Å². The highest BCUT2D eigenvalue weighted by Gasteiger charge is 2.51. The van der Waals surface area contributed by atoms with Gasteiger partial charge in [-0.1, -0.05) is 107 Å². The van der Waals surface area contributed by atoms with E-state index in [4.69, 9.17) is 4.43 Å². The maximum Gasteiger partial charge on any atom is 0.328 e. The van der Waals surface area contributed by atoms with Gasteiger partial charge in [-0.25, -0.2) is 4.79 Å². The van der Waals surface area contributed by atoms with Gasteiger partial charge in [-0.15, -0.1) is 0 Å². The number of carbonyl (C=O) groups is 1. The Labute approximate surface area is 200 Å². The normalized spacial score (nSPS) is 14.3. The van der Waals surface area contributed by atoms with Crippen molar-refractivity contribution in [1.82, 2.24) is 0 Å². The van der Waals surface area contributed by atoms with Crippen molar-refractivity contribution in [2.45, 2.75) is 83.5 Å². The molecule has 0 aliphatic rings. The maximum absolute atomic E-state index is 11.3. The highest BCUT2D eigenvalue weighted by molar-refractivity contribution is 6.99. The molecule has 0 saturated heterocycles. The molecule has 2 aromatic carbocycles. The first-order valence-electron chi connectivity index (χ1n) is 12.0. The van der Waals surface area contributed by atoms with E-state index in [9.17, 15) is 15.0 Å². The van der Waals surface area contributed by atoms with E-state index in [0.717, 1.165) is 38.5 Å². The maximum atomic E-state index is 11.3. The first-order valence-corrected chi connectivity index (χ1v) is 14.0. The Balaban J connectivity index is 2.37. The lowest BCUT2D eigenvalue weighted by atomic mass is 10.1. The van der Waals surface area contributed by atoms with Crippen LogP contribution in [0, 0.1) is 0 Å². The van der Waals surface area contributed by atoms with Gasteiger partial charge in [0.15, 0.2) is 0 Å². The van der Waals surface area contributed by atoms with Crippen LogP contribution in [0.15, 0.2) is 72.8 Å². The molecule has 180 valence electrons. The van der Waals surface area contributed by atoms with Crippen molar-refractivity contribution < 1.29 is 19.4 Å². The predicted octanol–water partition coefficient (Wildman–Crippen LogP) is 5.29. The number of aliphatic carboxylic acids is 1. The van der Waals surface area contributed by atoms with Crippen LogP contribution < -0.4 is 10.4 Å². The van der Waals surface area contributed by atoms with Crippen LogP contribution in [0.5, 0.6) is 0 Å². The zero-order valence-corrected chi connectivity index (χ0v) is 21.5. The number of carboxylic acid groups (broad SMARTS) is 1. The molecule has 2 N–H and O–H groups in total. The van der Waals surface area contributed by atoms with E-state index in [-0.39, 0.29) is 17.2 Å². The van der Waals surface area contributed by atoms with Crippen LogP contribution in [0.2, 0.25) is 5.04 Å². The van der Waals surface area contributed by atoms with Gasteiger partial charge < -0.3 is 14.6 Å².